The minimum Gasteiger partial charge on any atom is -0.494 e. The van der Waals surface area contributed by atoms with Gasteiger partial charge in [-0.2, -0.15) is 0 Å². The number of imidazole rings is 1. The van der Waals surface area contributed by atoms with Crippen molar-refractivity contribution >= 4 is 23.2 Å². The third-order valence-corrected chi connectivity index (χ3v) is 3.70. The van der Waals surface area contributed by atoms with Crippen LogP contribution in [0.25, 0.3) is 0 Å². The summed E-state index contributed by atoms with van der Waals surface area (Å²) in [6.45, 7) is 2.68. The van der Waals surface area contributed by atoms with E-state index in [1.807, 2.05) is 19.1 Å². The van der Waals surface area contributed by atoms with Crippen LogP contribution in [0.15, 0.2) is 61.2 Å². The van der Waals surface area contributed by atoms with Crippen molar-refractivity contribution in [3.05, 3.63) is 66.2 Å². The smallest absolute Gasteiger partial charge is 0.244 e. The van der Waals surface area contributed by atoms with Crippen LogP contribution in [0.2, 0.25) is 5.02 Å². The summed E-state index contributed by atoms with van der Waals surface area (Å²) < 4.78 is 13.0. The number of amides is 1. The number of carbonyl (C=O) groups excluding carboxylic acids is 1. The van der Waals surface area contributed by atoms with Gasteiger partial charge < -0.3 is 19.4 Å². The number of carbonyl (C=O) groups is 1. The van der Waals surface area contributed by atoms with E-state index in [1.54, 1.807) is 53.6 Å². The highest BCUT2D eigenvalue weighted by Crippen LogP contribution is 2.32. The van der Waals surface area contributed by atoms with E-state index in [-0.39, 0.29) is 12.5 Å². The molecule has 1 aromatic heterocycles. The Labute approximate surface area is 156 Å². The summed E-state index contributed by atoms with van der Waals surface area (Å²) in [5, 5.41) is 3.32. The van der Waals surface area contributed by atoms with Crippen LogP contribution >= 0.6 is 11.6 Å². The molecular weight excluding hydrogens is 354 g/mol. The number of hydrogen-bond acceptors (Lipinski definition) is 4. The summed E-state index contributed by atoms with van der Waals surface area (Å²) in [5.41, 5.74) is 0.497. The molecule has 0 aliphatic carbocycles. The van der Waals surface area contributed by atoms with Gasteiger partial charge in [0.05, 0.1) is 18.6 Å². The Balaban J connectivity index is 1.73. The minimum absolute atomic E-state index is 0.148. The number of benzene rings is 2. The second-order valence-corrected chi connectivity index (χ2v) is 5.87. The highest BCUT2D eigenvalue weighted by molar-refractivity contribution is 6.31. The van der Waals surface area contributed by atoms with Crippen molar-refractivity contribution in [2.24, 2.45) is 0 Å². The van der Waals surface area contributed by atoms with Gasteiger partial charge in [-0.05, 0) is 49.4 Å². The molecule has 134 valence electrons. The lowest BCUT2D eigenvalue weighted by atomic mass is 10.2. The number of nitrogens with one attached hydrogen (secondary N) is 1. The van der Waals surface area contributed by atoms with Crippen molar-refractivity contribution in [1.29, 1.82) is 0 Å². The van der Waals surface area contributed by atoms with Crippen molar-refractivity contribution in [2.75, 3.05) is 11.9 Å². The van der Waals surface area contributed by atoms with Gasteiger partial charge in [0, 0.05) is 17.4 Å². The molecule has 6 nitrogen and oxygen atoms in total. The van der Waals surface area contributed by atoms with E-state index >= 15 is 0 Å². The molecule has 1 amide bonds. The summed E-state index contributed by atoms with van der Waals surface area (Å²) in [4.78, 5) is 16.2. The lowest BCUT2D eigenvalue weighted by Crippen LogP contribution is -2.18. The Kier molecular flexibility index (Phi) is 5.76. The average molecular weight is 372 g/mol. The highest BCUT2D eigenvalue weighted by Gasteiger charge is 2.11. The summed E-state index contributed by atoms with van der Waals surface area (Å²) in [6, 6.07) is 12.3. The molecule has 0 spiro atoms. The molecule has 2 aromatic carbocycles. The van der Waals surface area contributed by atoms with Crippen LogP contribution in [0.4, 0.5) is 5.69 Å². The first-order valence-corrected chi connectivity index (χ1v) is 8.47. The van der Waals surface area contributed by atoms with Crippen LogP contribution in [0.3, 0.4) is 0 Å². The zero-order chi connectivity index (χ0) is 18.4. The summed E-state index contributed by atoms with van der Waals surface area (Å²) >= 11 is 6.06. The maximum absolute atomic E-state index is 12.2. The fourth-order valence-electron chi connectivity index (χ4n) is 2.32. The van der Waals surface area contributed by atoms with E-state index in [0.29, 0.717) is 28.8 Å². The zero-order valence-electron chi connectivity index (χ0n) is 14.2. The zero-order valence-corrected chi connectivity index (χ0v) is 14.9. The molecule has 0 unspecified atom stereocenters. The van der Waals surface area contributed by atoms with E-state index < -0.39 is 0 Å². The third-order valence-electron chi connectivity index (χ3n) is 3.46. The Bertz CT molecular complexity index is 864. The van der Waals surface area contributed by atoms with Gasteiger partial charge in [-0.15, -0.1) is 0 Å². The van der Waals surface area contributed by atoms with Crippen molar-refractivity contribution < 1.29 is 14.3 Å². The van der Waals surface area contributed by atoms with Gasteiger partial charge in [0.1, 0.15) is 18.0 Å². The van der Waals surface area contributed by atoms with E-state index in [4.69, 9.17) is 21.1 Å². The van der Waals surface area contributed by atoms with Gasteiger partial charge in [-0.1, -0.05) is 11.6 Å². The van der Waals surface area contributed by atoms with Gasteiger partial charge in [-0.25, -0.2) is 4.98 Å². The summed E-state index contributed by atoms with van der Waals surface area (Å²) in [6.07, 6.45) is 4.91. The lowest BCUT2D eigenvalue weighted by Gasteiger charge is -2.13. The first-order valence-electron chi connectivity index (χ1n) is 8.10. The lowest BCUT2D eigenvalue weighted by molar-refractivity contribution is -0.116. The van der Waals surface area contributed by atoms with Crippen LogP contribution in [0.5, 0.6) is 17.2 Å². The molecule has 0 fully saturated rings. The molecule has 0 radical (unpaired) electrons. The Morgan fingerprint density at radius 3 is 2.65 bits per heavy atom. The van der Waals surface area contributed by atoms with Crippen LogP contribution in [-0.2, 0) is 11.3 Å². The minimum atomic E-state index is -0.207. The average Bonchev–Trinajstić information content (AvgIpc) is 3.12. The van der Waals surface area contributed by atoms with Crippen molar-refractivity contribution in [2.45, 2.75) is 13.5 Å². The number of aromatic nitrogens is 2. The molecule has 26 heavy (non-hydrogen) atoms. The van der Waals surface area contributed by atoms with Gasteiger partial charge in [0.15, 0.2) is 5.75 Å². The standard InChI is InChI=1S/C19H18ClN3O3/c1-2-25-15-4-6-16(7-5-15)26-18-8-3-14(20)11-17(18)22-19(24)12-23-10-9-21-13-23/h3-11,13H,2,12H2,1H3,(H,22,24). The second-order valence-electron chi connectivity index (χ2n) is 5.43. The number of anilines is 1. The fourth-order valence-corrected chi connectivity index (χ4v) is 2.49. The highest BCUT2D eigenvalue weighted by atomic mass is 35.5. The van der Waals surface area contributed by atoms with E-state index in [0.717, 1.165) is 5.75 Å². The normalized spacial score (nSPS) is 10.4. The molecule has 0 atom stereocenters. The van der Waals surface area contributed by atoms with Crippen molar-refractivity contribution in [3.63, 3.8) is 0 Å². The number of ether oxygens (including phenoxy) is 2. The third kappa shape index (κ3) is 4.77. The monoisotopic (exact) mass is 371 g/mol. The maximum Gasteiger partial charge on any atom is 0.244 e. The van der Waals surface area contributed by atoms with Gasteiger partial charge >= 0.3 is 0 Å². The van der Waals surface area contributed by atoms with Crippen LogP contribution in [0, 0.1) is 0 Å². The Hall–Kier alpha value is -2.99. The molecule has 7 heteroatoms. The predicted molar refractivity (Wildman–Crippen MR) is 100.0 cm³/mol. The maximum atomic E-state index is 12.2. The first-order chi connectivity index (χ1) is 12.6. The van der Waals surface area contributed by atoms with Crippen LogP contribution in [0.1, 0.15) is 6.92 Å². The van der Waals surface area contributed by atoms with Gasteiger partial charge in [0.2, 0.25) is 5.91 Å². The number of hydrogen-bond donors (Lipinski definition) is 1. The molecule has 1 N–H and O–H groups in total. The molecule has 0 saturated heterocycles. The van der Waals surface area contributed by atoms with Gasteiger partial charge in [0.25, 0.3) is 0 Å². The van der Waals surface area contributed by atoms with Crippen molar-refractivity contribution in [1.82, 2.24) is 9.55 Å². The number of nitrogens with zero attached hydrogens (tertiary/aromatic N) is 2. The van der Waals surface area contributed by atoms with E-state index in [9.17, 15) is 4.79 Å². The second kappa shape index (κ2) is 8.40. The van der Waals surface area contributed by atoms with E-state index in [2.05, 4.69) is 10.3 Å². The summed E-state index contributed by atoms with van der Waals surface area (Å²) in [5.74, 6) is 1.69. The predicted octanol–water partition coefficient (Wildman–Crippen LogP) is 4.37. The largest absolute Gasteiger partial charge is 0.494 e. The molecule has 0 aliphatic heterocycles. The molecule has 0 aliphatic rings. The molecular formula is C19H18ClN3O3. The topological polar surface area (TPSA) is 65.4 Å². The first kappa shape index (κ1) is 17.8. The quantitative estimate of drug-likeness (QED) is 0.670. The molecule has 3 rings (SSSR count). The Morgan fingerprint density at radius 1 is 1.19 bits per heavy atom. The molecule has 3 aromatic rings. The number of halogens is 1. The summed E-state index contributed by atoms with van der Waals surface area (Å²) in [7, 11) is 0. The SMILES string of the molecule is CCOc1ccc(Oc2ccc(Cl)cc2NC(=O)Cn2ccnc2)cc1. The molecule has 0 saturated carbocycles. The Morgan fingerprint density at radius 2 is 1.96 bits per heavy atom. The van der Waals surface area contributed by atoms with Crippen LogP contribution in [-0.4, -0.2) is 22.1 Å². The van der Waals surface area contributed by atoms with Crippen molar-refractivity contribution in [3.8, 4) is 17.2 Å². The molecule has 1 heterocycles. The molecule has 0 bridgehead atoms. The van der Waals surface area contributed by atoms with E-state index in [1.165, 1.54) is 0 Å². The van der Waals surface area contributed by atoms with Crippen LogP contribution < -0.4 is 14.8 Å². The number of rotatable bonds is 7. The fraction of sp³-hybridized carbons (Fsp3) is 0.158. The van der Waals surface area contributed by atoms with Gasteiger partial charge in [-0.3, -0.25) is 4.79 Å².